The molecule has 1 saturated carbocycles. The van der Waals surface area contributed by atoms with Gasteiger partial charge in [-0.25, -0.2) is 0 Å². The van der Waals surface area contributed by atoms with Crippen LogP contribution in [0, 0.1) is 11.3 Å². The number of rotatable bonds is 6. The van der Waals surface area contributed by atoms with Crippen molar-refractivity contribution in [2.75, 3.05) is 27.2 Å². The monoisotopic (exact) mass is 254 g/mol. The van der Waals surface area contributed by atoms with E-state index in [1.165, 1.54) is 32.1 Å². The summed E-state index contributed by atoms with van der Waals surface area (Å²) in [5, 5.41) is 3.11. The van der Waals surface area contributed by atoms with Gasteiger partial charge in [-0.15, -0.1) is 0 Å². The quantitative estimate of drug-likeness (QED) is 0.790. The number of hydrogen-bond acceptors (Lipinski definition) is 2. The molecule has 0 unspecified atom stereocenters. The molecule has 1 aliphatic carbocycles. The average Bonchev–Trinajstić information content (AvgIpc) is 2.26. The normalized spacial score (nSPS) is 18.1. The van der Waals surface area contributed by atoms with Gasteiger partial charge in [0.2, 0.25) is 5.91 Å². The van der Waals surface area contributed by atoms with Gasteiger partial charge < -0.3 is 10.2 Å². The Morgan fingerprint density at radius 3 is 2.39 bits per heavy atom. The summed E-state index contributed by atoms with van der Waals surface area (Å²) in [6.45, 7) is 6.18. The average molecular weight is 254 g/mol. The molecular weight excluding hydrogens is 224 g/mol. The molecule has 0 aliphatic heterocycles. The minimum atomic E-state index is 0.145. The maximum atomic E-state index is 11.9. The summed E-state index contributed by atoms with van der Waals surface area (Å²) in [6.07, 6.45) is 7.20. The fourth-order valence-corrected chi connectivity index (χ4v) is 2.98. The van der Waals surface area contributed by atoms with Crippen LogP contribution in [-0.4, -0.2) is 38.0 Å². The Balaban J connectivity index is 2.23. The van der Waals surface area contributed by atoms with Crippen molar-refractivity contribution in [3.63, 3.8) is 0 Å². The van der Waals surface area contributed by atoms with E-state index >= 15 is 0 Å². The zero-order chi connectivity index (χ0) is 13.6. The molecule has 1 rings (SSSR count). The highest BCUT2D eigenvalue weighted by molar-refractivity contribution is 5.76. The van der Waals surface area contributed by atoms with Gasteiger partial charge in [-0.3, -0.25) is 4.79 Å². The van der Waals surface area contributed by atoms with E-state index in [0.29, 0.717) is 5.92 Å². The van der Waals surface area contributed by atoms with E-state index in [2.05, 4.69) is 38.2 Å². The third-order valence-electron chi connectivity index (χ3n) is 3.71. The highest BCUT2D eigenvalue weighted by atomic mass is 16.1. The molecular formula is C15H30N2O. The summed E-state index contributed by atoms with van der Waals surface area (Å²) in [4.78, 5) is 14.1. The minimum Gasteiger partial charge on any atom is -0.356 e. The molecule has 0 radical (unpaired) electrons. The Labute approximate surface area is 112 Å². The molecule has 3 heteroatoms. The van der Waals surface area contributed by atoms with Gasteiger partial charge in [0.1, 0.15) is 0 Å². The van der Waals surface area contributed by atoms with Crippen molar-refractivity contribution in [2.24, 2.45) is 11.3 Å². The van der Waals surface area contributed by atoms with Crippen LogP contribution in [0.1, 0.15) is 52.4 Å². The summed E-state index contributed by atoms with van der Waals surface area (Å²) < 4.78 is 0. The first kappa shape index (κ1) is 15.5. The molecule has 1 N–H and O–H groups in total. The van der Waals surface area contributed by atoms with Gasteiger partial charge in [-0.05, 0) is 38.3 Å². The maximum absolute atomic E-state index is 11.9. The summed E-state index contributed by atoms with van der Waals surface area (Å²) in [7, 11) is 4.15. The summed E-state index contributed by atoms with van der Waals surface area (Å²) in [6, 6.07) is 0. The second-order valence-electron chi connectivity index (χ2n) is 6.89. The molecule has 1 amide bonds. The molecule has 0 saturated heterocycles. The van der Waals surface area contributed by atoms with Gasteiger partial charge in [0.25, 0.3) is 0 Å². The Kier molecular flexibility index (Phi) is 6.13. The summed E-state index contributed by atoms with van der Waals surface area (Å²) >= 11 is 0. The summed E-state index contributed by atoms with van der Waals surface area (Å²) in [5.41, 5.74) is 0.145. The molecule has 0 aromatic rings. The van der Waals surface area contributed by atoms with Crippen molar-refractivity contribution in [3.05, 3.63) is 0 Å². The maximum Gasteiger partial charge on any atom is 0.220 e. The first-order valence-electron chi connectivity index (χ1n) is 7.30. The van der Waals surface area contributed by atoms with Gasteiger partial charge in [0.05, 0.1) is 0 Å². The van der Waals surface area contributed by atoms with Crippen LogP contribution in [-0.2, 0) is 4.79 Å². The molecule has 1 fully saturated rings. The first-order chi connectivity index (χ1) is 8.39. The van der Waals surface area contributed by atoms with Crippen LogP contribution in [0.3, 0.4) is 0 Å². The zero-order valence-electron chi connectivity index (χ0n) is 12.6. The van der Waals surface area contributed by atoms with Crippen LogP contribution in [0.15, 0.2) is 0 Å². The molecule has 0 aromatic heterocycles. The fraction of sp³-hybridized carbons (Fsp3) is 0.933. The van der Waals surface area contributed by atoms with Crippen LogP contribution >= 0.6 is 0 Å². The Bertz CT molecular complexity index is 255. The lowest BCUT2D eigenvalue weighted by Crippen LogP contribution is -2.40. The lowest BCUT2D eigenvalue weighted by Gasteiger charge is -2.29. The highest BCUT2D eigenvalue weighted by Crippen LogP contribution is 2.26. The smallest absolute Gasteiger partial charge is 0.220 e. The van der Waals surface area contributed by atoms with E-state index < -0.39 is 0 Å². The van der Waals surface area contributed by atoms with Crippen molar-refractivity contribution in [2.45, 2.75) is 52.4 Å². The second-order valence-corrected chi connectivity index (χ2v) is 6.89. The van der Waals surface area contributed by atoms with Crippen LogP contribution in [0.4, 0.5) is 0 Å². The molecule has 0 bridgehead atoms. The number of amides is 1. The van der Waals surface area contributed by atoms with Gasteiger partial charge in [0.15, 0.2) is 0 Å². The van der Waals surface area contributed by atoms with Gasteiger partial charge >= 0.3 is 0 Å². The predicted molar refractivity (Wildman–Crippen MR) is 76.5 cm³/mol. The molecule has 3 nitrogen and oxygen atoms in total. The number of carbonyl (C=O) groups excluding carboxylic acids is 1. The van der Waals surface area contributed by atoms with Crippen molar-refractivity contribution in [1.82, 2.24) is 10.2 Å². The van der Waals surface area contributed by atoms with Crippen LogP contribution in [0.2, 0.25) is 0 Å². The zero-order valence-corrected chi connectivity index (χ0v) is 12.6. The number of carbonyl (C=O) groups is 1. The molecule has 0 heterocycles. The Hall–Kier alpha value is -0.570. The lowest BCUT2D eigenvalue weighted by atomic mass is 9.86. The van der Waals surface area contributed by atoms with E-state index in [4.69, 9.17) is 0 Å². The van der Waals surface area contributed by atoms with E-state index in [0.717, 1.165) is 19.5 Å². The number of hydrogen-bond donors (Lipinski definition) is 1. The van der Waals surface area contributed by atoms with E-state index in [9.17, 15) is 4.79 Å². The molecule has 0 aromatic carbocycles. The number of nitrogens with one attached hydrogen (secondary N) is 1. The van der Waals surface area contributed by atoms with E-state index in [1.807, 2.05) is 0 Å². The Morgan fingerprint density at radius 1 is 1.22 bits per heavy atom. The fourth-order valence-electron chi connectivity index (χ4n) is 2.98. The van der Waals surface area contributed by atoms with E-state index in [1.54, 1.807) is 0 Å². The SMILES string of the molecule is CN(C)CC(C)(C)CNC(=O)CC1CCCCC1. The largest absolute Gasteiger partial charge is 0.356 e. The third-order valence-corrected chi connectivity index (χ3v) is 3.71. The van der Waals surface area contributed by atoms with Crippen LogP contribution in [0.5, 0.6) is 0 Å². The van der Waals surface area contributed by atoms with Crippen LogP contribution in [0.25, 0.3) is 0 Å². The molecule has 106 valence electrons. The van der Waals surface area contributed by atoms with Gasteiger partial charge in [-0.2, -0.15) is 0 Å². The molecule has 0 spiro atoms. The number of nitrogens with zero attached hydrogens (tertiary/aromatic N) is 1. The minimum absolute atomic E-state index is 0.145. The standard InChI is InChI=1S/C15H30N2O/c1-15(2,12-17(3)4)11-16-14(18)10-13-8-6-5-7-9-13/h13H,5-12H2,1-4H3,(H,16,18). The lowest BCUT2D eigenvalue weighted by molar-refractivity contribution is -0.122. The van der Waals surface area contributed by atoms with Crippen molar-refractivity contribution in [1.29, 1.82) is 0 Å². The van der Waals surface area contributed by atoms with Crippen molar-refractivity contribution >= 4 is 5.91 Å². The third kappa shape index (κ3) is 6.39. The van der Waals surface area contributed by atoms with Crippen molar-refractivity contribution < 1.29 is 4.79 Å². The molecule has 1 aliphatic rings. The predicted octanol–water partition coefficient (Wildman–Crippen LogP) is 2.66. The van der Waals surface area contributed by atoms with Crippen LogP contribution < -0.4 is 5.32 Å². The molecule has 0 atom stereocenters. The Morgan fingerprint density at radius 2 is 1.83 bits per heavy atom. The second kappa shape index (κ2) is 7.13. The van der Waals surface area contributed by atoms with Gasteiger partial charge in [0, 0.05) is 19.5 Å². The first-order valence-corrected chi connectivity index (χ1v) is 7.30. The van der Waals surface area contributed by atoms with E-state index in [-0.39, 0.29) is 11.3 Å². The van der Waals surface area contributed by atoms with Gasteiger partial charge in [-0.1, -0.05) is 33.1 Å². The summed E-state index contributed by atoms with van der Waals surface area (Å²) in [5.74, 6) is 0.879. The van der Waals surface area contributed by atoms with Crippen molar-refractivity contribution in [3.8, 4) is 0 Å². The topological polar surface area (TPSA) is 32.3 Å². The molecule has 18 heavy (non-hydrogen) atoms. The highest BCUT2D eigenvalue weighted by Gasteiger charge is 2.21.